The Labute approximate surface area is 112 Å². The molecule has 0 aromatic heterocycles. The number of ether oxygens (including phenoxy) is 1. The van der Waals surface area contributed by atoms with Gasteiger partial charge in [-0.1, -0.05) is 6.07 Å². The average molecular weight is 270 g/mol. The van der Waals surface area contributed by atoms with Crippen LogP contribution in [0.1, 0.15) is 18.5 Å². The van der Waals surface area contributed by atoms with Gasteiger partial charge in [0, 0.05) is 13.6 Å². The largest absolute Gasteiger partial charge is 0.494 e. The van der Waals surface area contributed by atoms with Crippen LogP contribution in [0, 0.1) is 5.82 Å². The molecule has 1 aromatic rings. The highest BCUT2D eigenvalue weighted by atomic mass is 19.1. The molecule has 0 heterocycles. The Kier molecular flexibility index (Phi) is 5.57. The van der Waals surface area contributed by atoms with Crippen LogP contribution in [0.3, 0.4) is 0 Å². The molecule has 0 saturated heterocycles. The zero-order chi connectivity index (χ0) is 14.4. The second-order valence-corrected chi connectivity index (χ2v) is 4.21. The van der Waals surface area contributed by atoms with Crippen molar-refractivity contribution >= 4 is 6.03 Å². The molecule has 0 fully saturated rings. The number of likely N-dealkylation sites (N-methyl/N-ethyl adjacent to an activating group) is 1. The van der Waals surface area contributed by atoms with Crippen molar-refractivity contribution in [2.24, 2.45) is 0 Å². The second kappa shape index (κ2) is 6.94. The maximum absolute atomic E-state index is 13.3. The molecular formula is C13H19FN2O3. The van der Waals surface area contributed by atoms with Gasteiger partial charge in [0.25, 0.3) is 0 Å². The van der Waals surface area contributed by atoms with E-state index in [9.17, 15) is 9.18 Å². The molecule has 0 aliphatic carbocycles. The van der Waals surface area contributed by atoms with Crippen LogP contribution in [0.25, 0.3) is 0 Å². The fourth-order valence-electron chi connectivity index (χ4n) is 1.58. The SMILES string of the molecule is COc1cc(C(C)NC(=O)N(C)CCO)ccc1F. The smallest absolute Gasteiger partial charge is 0.317 e. The molecule has 0 aliphatic heterocycles. The van der Waals surface area contributed by atoms with E-state index in [0.29, 0.717) is 0 Å². The van der Waals surface area contributed by atoms with E-state index in [0.717, 1.165) is 5.56 Å². The number of rotatable bonds is 5. The van der Waals surface area contributed by atoms with Crippen LogP contribution in [0.15, 0.2) is 18.2 Å². The van der Waals surface area contributed by atoms with Gasteiger partial charge in [0.15, 0.2) is 11.6 Å². The molecule has 0 spiro atoms. The molecule has 0 saturated carbocycles. The summed E-state index contributed by atoms with van der Waals surface area (Å²) in [5, 5.41) is 11.5. The number of carbonyl (C=O) groups excluding carboxylic acids is 1. The third-order valence-corrected chi connectivity index (χ3v) is 2.80. The van der Waals surface area contributed by atoms with Crippen LogP contribution in [-0.2, 0) is 0 Å². The van der Waals surface area contributed by atoms with Crippen molar-refractivity contribution < 1.29 is 19.0 Å². The lowest BCUT2D eigenvalue weighted by molar-refractivity contribution is 0.188. The topological polar surface area (TPSA) is 61.8 Å². The number of aliphatic hydroxyl groups is 1. The van der Waals surface area contributed by atoms with Gasteiger partial charge in [-0.05, 0) is 24.6 Å². The number of nitrogens with zero attached hydrogens (tertiary/aromatic N) is 1. The first-order chi connectivity index (χ1) is 8.99. The summed E-state index contributed by atoms with van der Waals surface area (Å²) in [4.78, 5) is 13.1. The Balaban J connectivity index is 2.72. The van der Waals surface area contributed by atoms with Crippen LogP contribution < -0.4 is 10.1 Å². The number of carbonyl (C=O) groups is 1. The van der Waals surface area contributed by atoms with Crippen molar-refractivity contribution in [2.75, 3.05) is 27.3 Å². The predicted octanol–water partition coefficient (Wildman–Crippen LogP) is 1.53. The summed E-state index contributed by atoms with van der Waals surface area (Å²) in [5.41, 5.74) is 0.740. The monoisotopic (exact) mass is 270 g/mol. The van der Waals surface area contributed by atoms with Crippen LogP contribution in [0.5, 0.6) is 5.75 Å². The van der Waals surface area contributed by atoms with Crippen LogP contribution >= 0.6 is 0 Å². The number of aliphatic hydroxyl groups excluding tert-OH is 1. The van der Waals surface area contributed by atoms with Crippen molar-refractivity contribution in [3.63, 3.8) is 0 Å². The van der Waals surface area contributed by atoms with E-state index in [1.165, 1.54) is 18.1 Å². The average Bonchev–Trinajstić information content (AvgIpc) is 2.39. The van der Waals surface area contributed by atoms with Crippen molar-refractivity contribution in [1.29, 1.82) is 0 Å². The van der Waals surface area contributed by atoms with E-state index in [4.69, 9.17) is 9.84 Å². The van der Waals surface area contributed by atoms with Gasteiger partial charge >= 0.3 is 6.03 Å². The maximum atomic E-state index is 13.3. The second-order valence-electron chi connectivity index (χ2n) is 4.21. The molecule has 6 heteroatoms. The third-order valence-electron chi connectivity index (χ3n) is 2.80. The number of benzene rings is 1. The number of methoxy groups -OCH3 is 1. The first kappa shape index (κ1) is 15.2. The minimum Gasteiger partial charge on any atom is -0.494 e. The summed E-state index contributed by atoms with van der Waals surface area (Å²) in [6, 6.07) is 3.85. The number of hydrogen-bond donors (Lipinski definition) is 2. The molecule has 1 atom stereocenters. The van der Waals surface area contributed by atoms with E-state index in [1.807, 2.05) is 0 Å². The fourth-order valence-corrected chi connectivity index (χ4v) is 1.58. The number of nitrogens with one attached hydrogen (secondary N) is 1. The number of amides is 2. The molecule has 1 rings (SSSR count). The molecule has 1 unspecified atom stereocenters. The van der Waals surface area contributed by atoms with Crippen LogP contribution in [-0.4, -0.2) is 43.3 Å². The van der Waals surface area contributed by atoms with Crippen molar-refractivity contribution in [1.82, 2.24) is 10.2 Å². The summed E-state index contributed by atoms with van der Waals surface area (Å²) in [5.74, 6) is -0.301. The minimum absolute atomic E-state index is 0.0946. The molecular weight excluding hydrogens is 251 g/mol. The lowest BCUT2D eigenvalue weighted by Crippen LogP contribution is -2.39. The van der Waals surface area contributed by atoms with E-state index < -0.39 is 5.82 Å². The lowest BCUT2D eigenvalue weighted by atomic mass is 10.1. The molecule has 2 N–H and O–H groups in total. The van der Waals surface area contributed by atoms with Gasteiger partial charge in [-0.15, -0.1) is 0 Å². The van der Waals surface area contributed by atoms with Gasteiger partial charge in [0.1, 0.15) is 0 Å². The molecule has 5 nitrogen and oxygen atoms in total. The Hall–Kier alpha value is -1.82. The Morgan fingerprint density at radius 2 is 2.26 bits per heavy atom. The van der Waals surface area contributed by atoms with E-state index in [-0.39, 0.29) is 31.0 Å². The van der Waals surface area contributed by atoms with Gasteiger partial charge in [-0.25, -0.2) is 9.18 Å². The third kappa shape index (κ3) is 4.10. The zero-order valence-electron chi connectivity index (χ0n) is 11.3. The highest BCUT2D eigenvalue weighted by molar-refractivity contribution is 5.74. The van der Waals surface area contributed by atoms with Crippen LogP contribution in [0.4, 0.5) is 9.18 Å². The quantitative estimate of drug-likeness (QED) is 0.853. The normalized spacial score (nSPS) is 11.8. The van der Waals surface area contributed by atoms with E-state index >= 15 is 0 Å². The summed E-state index contributed by atoms with van der Waals surface area (Å²) in [6.07, 6.45) is 0. The Morgan fingerprint density at radius 3 is 2.84 bits per heavy atom. The van der Waals surface area contributed by atoms with Gasteiger partial charge < -0.3 is 20.1 Å². The number of halogens is 1. The van der Waals surface area contributed by atoms with Gasteiger partial charge in [-0.3, -0.25) is 0 Å². The first-order valence-electron chi connectivity index (χ1n) is 5.95. The first-order valence-corrected chi connectivity index (χ1v) is 5.95. The Morgan fingerprint density at radius 1 is 1.58 bits per heavy atom. The van der Waals surface area contributed by atoms with Gasteiger partial charge in [-0.2, -0.15) is 0 Å². The van der Waals surface area contributed by atoms with Crippen molar-refractivity contribution in [3.05, 3.63) is 29.6 Å². The standard InChI is InChI=1S/C13H19FN2O3/c1-9(15-13(18)16(2)6-7-17)10-4-5-11(14)12(8-10)19-3/h4-5,8-9,17H,6-7H2,1-3H3,(H,15,18). The van der Waals surface area contributed by atoms with Gasteiger partial charge in [0.2, 0.25) is 0 Å². The fraction of sp³-hybridized carbons (Fsp3) is 0.462. The molecule has 106 valence electrons. The maximum Gasteiger partial charge on any atom is 0.317 e. The van der Waals surface area contributed by atoms with E-state index in [1.54, 1.807) is 26.1 Å². The molecule has 2 amide bonds. The molecule has 0 aliphatic rings. The molecule has 0 bridgehead atoms. The minimum atomic E-state index is -0.442. The summed E-state index contributed by atoms with van der Waals surface area (Å²) < 4.78 is 18.2. The molecule has 0 radical (unpaired) electrons. The van der Waals surface area contributed by atoms with Crippen molar-refractivity contribution in [3.8, 4) is 5.75 Å². The lowest BCUT2D eigenvalue weighted by Gasteiger charge is -2.21. The highest BCUT2D eigenvalue weighted by Crippen LogP contribution is 2.22. The molecule has 19 heavy (non-hydrogen) atoms. The zero-order valence-corrected chi connectivity index (χ0v) is 11.3. The van der Waals surface area contributed by atoms with Gasteiger partial charge in [0.05, 0.1) is 19.8 Å². The Bertz CT molecular complexity index is 440. The van der Waals surface area contributed by atoms with Crippen molar-refractivity contribution in [2.45, 2.75) is 13.0 Å². The summed E-state index contributed by atoms with van der Waals surface area (Å²) >= 11 is 0. The van der Waals surface area contributed by atoms with E-state index in [2.05, 4.69) is 5.32 Å². The number of hydrogen-bond acceptors (Lipinski definition) is 3. The molecule has 1 aromatic carbocycles. The van der Waals surface area contributed by atoms with Crippen LogP contribution in [0.2, 0.25) is 0 Å². The number of urea groups is 1. The predicted molar refractivity (Wildman–Crippen MR) is 69.6 cm³/mol. The highest BCUT2D eigenvalue weighted by Gasteiger charge is 2.14. The summed E-state index contributed by atoms with van der Waals surface area (Å²) in [6.45, 7) is 1.95. The summed E-state index contributed by atoms with van der Waals surface area (Å²) in [7, 11) is 2.98.